The molecule has 0 aromatic heterocycles. The van der Waals surface area contributed by atoms with Crippen LogP contribution in [0.5, 0.6) is 0 Å². The Labute approximate surface area is 130 Å². The molecule has 0 radical (unpaired) electrons. The van der Waals surface area contributed by atoms with Gasteiger partial charge in [-0.05, 0) is 38.3 Å². The molecule has 0 spiro atoms. The van der Waals surface area contributed by atoms with Crippen LogP contribution in [0.25, 0.3) is 0 Å². The van der Waals surface area contributed by atoms with Crippen molar-refractivity contribution >= 4 is 11.8 Å². The van der Waals surface area contributed by atoms with Gasteiger partial charge in [0.1, 0.15) is 5.82 Å². The van der Waals surface area contributed by atoms with Crippen molar-refractivity contribution in [3.63, 3.8) is 0 Å². The number of nitrogens with zero attached hydrogens (tertiary/aromatic N) is 1. The molecule has 1 aliphatic rings. The van der Waals surface area contributed by atoms with Gasteiger partial charge in [0.2, 0.25) is 5.91 Å². The summed E-state index contributed by atoms with van der Waals surface area (Å²) in [7, 11) is 0. The van der Waals surface area contributed by atoms with E-state index >= 15 is 0 Å². The molecule has 0 bridgehead atoms. The van der Waals surface area contributed by atoms with E-state index in [1.807, 2.05) is 13.8 Å². The first kappa shape index (κ1) is 16.5. The van der Waals surface area contributed by atoms with E-state index in [2.05, 4.69) is 5.32 Å². The van der Waals surface area contributed by atoms with Crippen LogP contribution in [0.3, 0.4) is 0 Å². The first-order valence-corrected chi connectivity index (χ1v) is 7.80. The summed E-state index contributed by atoms with van der Waals surface area (Å²) in [6.07, 6.45) is 2.36. The van der Waals surface area contributed by atoms with Crippen molar-refractivity contribution < 1.29 is 14.0 Å². The molecule has 1 N–H and O–H groups in total. The van der Waals surface area contributed by atoms with Crippen LogP contribution in [0.15, 0.2) is 24.3 Å². The van der Waals surface area contributed by atoms with Gasteiger partial charge in [-0.2, -0.15) is 0 Å². The lowest BCUT2D eigenvalue weighted by atomic mass is 9.80. The van der Waals surface area contributed by atoms with Gasteiger partial charge in [0.25, 0.3) is 5.91 Å². The minimum atomic E-state index is -0.603. The van der Waals surface area contributed by atoms with Gasteiger partial charge in [0.15, 0.2) is 0 Å². The minimum absolute atomic E-state index is 0.0274. The lowest BCUT2D eigenvalue weighted by Crippen LogP contribution is -2.52. The Bertz CT molecular complexity index is 561. The van der Waals surface area contributed by atoms with Crippen LogP contribution in [-0.4, -0.2) is 36.3 Å². The molecule has 2 rings (SSSR count). The summed E-state index contributed by atoms with van der Waals surface area (Å²) in [5.41, 5.74) is -0.533. The first-order chi connectivity index (χ1) is 10.5. The van der Waals surface area contributed by atoms with Gasteiger partial charge in [0, 0.05) is 19.6 Å². The van der Waals surface area contributed by atoms with E-state index < -0.39 is 11.2 Å². The summed E-state index contributed by atoms with van der Waals surface area (Å²) in [5, 5.41) is 2.90. The Kier molecular flexibility index (Phi) is 5.16. The second-order valence-corrected chi connectivity index (χ2v) is 6.13. The van der Waals surface area contributed by atoms with Gasteiger partial charge in [0.05, 0.1) is 11.0 Å². The third kappa shape index (κ3) is 3.46. The third-order valence-electron chi connectivity index (χ3n) is 4.17. The number of halogens is 1. The van der Waals surface area contributed by atoms with Crippen molar-refractivity contribution in [1.82, 2.24) is 10.2 Å². The van der Waals surface area contributed by atoms with Crippen LogP contribution in [-0.2, 0) is 4.79 Å². The van der Waals surface area contributed by atoms with Gasteiger partial charge in [-0.1, -0.05) is 19.1 Å². The van der Waals surface area contributed by atoms with E-state index in [9.17, 15) is 14.0 Å². The number of benzene rings is 1. The number of piperidine rings is 1. The normalized spacial score (nSPS) is 21.5. The van der Waals surface area contributed by atoms with Gasteiger partial charge >= 0.3 is 0 Å². The molecular weight excluding hydrogens is 283 g/mol. The van der Waals surface area contributed by atoms with Crippen LogP contribution in [0.2, 0.25) is 0 Å². The summed E-state index contributed by atoms with van der Waals surface area (Å²) in [6, 6.07) is 5.98. The molecule has 1 aromatic rings. The topological polar surface area (TPSA) is 49.4 Å². The molecule has 1 saturated heterocycles. The lowest BCUT2D eigenvalue weighted by molar-refractivity contribution is -0.132. The van der Waals surface area contributed by atoms with Crippen LogP contribution >= 0.6 is 0 Å². The number of amides is 2. The van der Waals surface area contributed by atoms with E-state index in [4.69, 9.17) is 0 Å². The fourth-order valence-electron chi connectivity index (χ4n) is 2.86. The third-order valence-corrected chi connectivity index (χ3v) is 4.17. The summed E-state index contributed by atoms with van der Waals surface area (Å²) in [6.45, 7) is 5.39. The summed E-state index contributed by atoms with van der Waals surface area (Å²) in [5.74, 6) is -0.886. The second kappa shape index (κ2) is 6.90. The van der Waals surface area contributed by atoms with Crippen LogP contribution in [0.4, 0.5) is 4.39 Å². The zero-order valence-electron chi connectivity index (χ0n) is 13.2. The summed E-state index contributed by atoms with van der Waals surface area (Å²) >= 11 is 0. The minimum Gasteiger partial charge on any atom is -0.356 e. The first-order valence-electron chi connectivity index (χ1n) is 7.80. The van der Waals surface area contributed by atoms with Gasteiger partial charge in [-0.25, -0.2) is 4.39 Å². The molecule has 2 amide bonds. The van der Waals surface area contributed by atoms with Crippen LogP contribution in [0.1, 0.15) is 43.5 Å². The molecule has 1 aliphatic heterocycles. The molecule has 1 aromatic carbocycles. The maximum atomic E-state index is 13.8. The fraction of sp³-hybridized carbons (Fsp3) is 0.529. The Balaban J connectivity index is 2.11. The van der Waals surface area contributed by atoms with E-state index in [0.29, 0.717) is 19.6 Å². The molecule has 1 fully saturated rings. The maximum Gasteiger partial charge on any atom is 0.256 e. The number of hydrogen-bond donors (Lipinski definition) is 1. The fourth-order valence-corrected chi connectivity index (χ4v) is 2.86. The van der Waals surface area contributed by atoms with Crippen molar-refractivity contribution in [3.8, 4) is 0 Å². The lowest BCUT2D eigenvalue weighted by Gasteiger charge is -2.39. The van der Waals surface area contributed by atoms with Gasteiger partial charge < -0.3 is 10.2 Å². The number of hydrogen-bond acceptors (Lipinski definition) is 2. The predicted molar refractivity (Wildman–Crippen MR) is 82.9 cm³/mol. The van der Waals surface area contributed by atoms with Crippen LogP contribution in [0, 0.1) is 11.2 Å². The molecule has 120 valence electrons. The standard InChI is InChI=1S/C17H23FN2O2/c1-3-10-19-16(22)17(2)9-6-11-20(12-17)15(21)13-7-4-5-8-14(13)18/h4-5,7-8H,3,6,9-12H2,1-2H3,(H,19,22). The maximum absolute atomic E-state index is 13.8. The Morgan fingerprint density at radius 1 is 1.36 bits per heavy atom. The average molecular weight is 306 g/mol. The van der Waals surface area contributed by atoms with Gasteiger partial charge in [-0.3, -0.25) is 9.59 Å². The van der Waals surface area contributed by atoms with Crippen molar-refractivity contribution in [2.75, 3.05) is 19.6 Å². The molecular formula is C17H23FN2O2. The molecule has 22 heavy (non-hydrogen) atoms. The van der Waals surface area contributed by atoms with Crippen LogP contribution < -0.4 is 5.32 Å². The zero-order valence-corrected chi connectivity index (χ0v) is 13.2. The Morgan fingerprint density at radius 2 is 2.09 bits per heavy atom. The highest BCUT2D eigenvalue weighted by atomic mass is 19.1. The van der Waals surface area contributed by atoms with E-state index in [1.165, 1.54) is 12.1 Å². The summed E-state index contributed by atoms with van der Waals surface area (Å²) in [4.78, 5) is 26.4. The average Bonchev–Trinajstić information content (AvgIpc) is 2.52. The number of nitrogens with one attached hydrogen (secondary N) is 1. The molecule has 5 heteroatoms. The molecule has 1 unspecified atom stereocenters. The quantitative estimate of drug-likeness (QED) is 0.929. The number of carbonyl (C=O) groups excluding carboxylic acids is 2. The predicted octanol–water partition coefficient (Wildman–Crippen LogP) is 2.59. The highest BCUT2D eigenvalue weighted by molar-refractivity contribution is 5.95. The zero-order chi connectivity index (χ0) is 16.2. The smallest absolute Gasteiger partial charge is 0.256 e. The van der Waals surface area contributed by atoms with E-state index in [-0.39, 0.29) is 17.4 Å². The van der Waals surface area contributed by atoms with Crippen molar-refractivity contribution in [1.29, 1.82) is 0 Å². The number of likely N-dealkylation sites (tertiary alicyclic amines) is 1. The highest BCUT2D eigenvalue weighted by Crippen LogP contribution is 2.30. The molecule has 1 heterocycles. The molecule has 0 saturated carbocycles. The van der Waals surface area contributed by atoms with Gasteiger partial charge in [-0.15, -0.1) is 0 Å². The number of carbonyl (C=O) groups is 2. The van der Waals surface area contributed by atoms with Crippen molar-refractivity contribution in [3.05, 3.63) is 35.6 Å². The summed E-state index contributed by atoms with van der Waals surface area (Å²) < 4.78 is 13.8. The van der Waals surface area contributed by atoms with Crippen molar-refractivity contribution in [2.45, 2.75) is 33.1 Å². The second-order valence-electron chi connectivity index (χ2n) is 6.13. The molecule has 0 aliphatic carbocycles. The highest BCUT2D eigenvalue weighted by Gasteiger charge is 2.39. The Hall–Kier alpha value is -1.91. The van der Waals surface area contributed by atoms with E-state index in [0.717, 1.165) is 19.3 Å². The number of rotatable bonds is 4. The van der Waals surface area contributed by atoms with Crippen molar-refractivity contribution in [2.24, 2.45) is 5.41 Å². The van der Waals surface area contributed by atoms with E-state index in [1.54, 1.807) is 17.0 Å². The SMILES string of the molecule is CCCNC(=O)C1(C)CCCN(C(=O)c2ccccc2F)C1. The molecule has 4 nitrogen and oxygen atoms in total. The Morgan fingerprint density at radius 3 is 2.77 bits per heavy atom. The largest absolute Gasteiger partial charge is 0.356 e. The molecule has 1 atom stereocenters. The monoisotopic (exact) mass is 306 g/mol.